The van der Waals surface area contributed by atoms with Crippen LogP contribution >= 0.6 is 0 Å². The van der Waals surface area contributed by atoms with Gasteiger partial charge in [-0.25, -0.2) is 4.79 Å². The number of carbonyl (C=O) groups excluding carboxylic acids is 1. The summed E-state index contributed by atoms with van der Waals surface area (Å²) in [6.07, 6.45) is 1.05. The first-order chi connectivity index (χ1) is 9.74. The van der Waals surface area contributed by atoms with Crippen LogP contribution in [0.5, 0.6) is 0 Å². The average molecular weight is 292 g/mol. The van der Waals surface area contributed by atoms with Crippen molar-refractivity contribution in [2.24, 2.45) is 0 Å². The van der Waals surface area contributed by atoms with Crippen LogP contribution in [0.25, 0.3) is 0 Å². The summed E-state index contributed by atoms with van der Waals surface area (Å²) in [5.74, 6) is 0. The summed E-state index contributed by atoms with van der Waals surface area (Å²) in [6.45, 7) is 9.22. The molecule has 20 heavy (non-hydrogen) atoms. The Labute approximate surface area is 121 Å². The molecule has 0 bridgehead atoms. The Hall–Kier alpha value is -0.850. The SMILES string of the molecule is CCOCCOC(=O)OCCCOCC(CC)OCC. The predicted molar refractivity (Wildman–Crippen MR) is 74.9 cm³/mol. The highest BCUT2D eigenvalue weighted by Crippen LogP contribution is 1.99. The minimum Gasteiger partial charge on any atom is -0.434 e. The maximum Gasteiger partial charge on any atom is 0.508 e. The maximum atomic E-state index is 11.1. The largest absolute Gasteiger partial charge is 0.508 e. The van der Waals surface area contributed by atoms with Gasteiger partial charge in [-0.3, -0.25) is 0 Å². The van der Waals surface area contributed by atoms with E-state index in [9.17, 15) is 4.79 Å². The first-order valence-electron chi connectivity index (χ1n) is 7.31. The van der Waals surface area contributed by atoms with Crippen LogP contribution in [0.4, 0.5) is 4.79 Å². The lowest BCUT2D eigenvalue weighted by atomic mass is 10.3. The molecule has 0 aliphatic heterocycles. The molecule has 0 saturated carbocycles. The number of carbonyl (C=O) groups is 1. The molecule has 6 heteroatoms. The molecule has 0 spiro atoms. The Kier molecular flexibility index (Phi) is 13.9. The first-order valence-corrected chi connectivity index (χ1v) is 7.31. The van der Waals surface area contributed by atoms with E-state index in [1.54, 1.807) is 0 Å². The molecule has 0 heterocycles. The predicted octanol–water partition coefficient (Wildman–Crippen LogP) is 2.40. The molecule has 120 valence electrons. The second kappa shape index (κ2) is 14.6. The highest BCUT2D eigenvalue weighted by Gasteiger charge is 2.06. The summed E-state index contributed by atoms with van der Waals surface area (Å²) in [4.78, 5) is 11.1. The lowest BCUT2D eigenvalue weighted by Crippen LogP contribution is -2.20. The lowest BCUT2D eigenvalue weighted by molar-refractivity contribution is -0.0185. The molecule has 1 unspecified atom stereocenters. The van der Waals surface area contributed by atoms with Gasteiger partial charge >= 0.3 is 6.16 Å². The normalized spacial score (nSPS) is 12.2. The van der Waals surface area contributed by atoms with Crippen molar-refractivity contribution in [1.82, 2.24) is 0 Å². The summed E-state index contributed by atoms with van der Waals surface area (Å²) in [5, 5.41) is 0. The zero-order valence-corrected chi connectivity index (χ0v) is 12.9. The standard InChI is InChI=1S/C14H28O6/c1-4-13(18-6-3)12-17-8-7-9-19-14(15)20-11-10-16-5-2/h13H,4-12H2,1-3H3. The van der Waals surface area contributed by atoms with E-state index in [1.807, 2.05) is 13.8 Å². The molecular weight excluding hydrogens is 264 g/mol. The van der Waals surface area contributed by atoms with E-state index in [4.69, 9.17) is 23.7 Å². The molecule has 0 aromatic carbocycles. The molecule has 1 atom stereocenters. The molecule has 0 aliphatic carbocycles. The highest BCUT2D eigenvalue weighted by molar-refractivity contribution is 5.59. The molecule has 0 amide bonds. The third-order valence-corrected chi connectivity index (χ3v) is 2.47. The quantitative estimate of drug-likeness (QED) is 0.384. The van der Waals surface area contributed by atoms with Gasteiger partial charge in [0, 0.05) is 26.2 Å². The van der Waals surface area contributed by atoms with E-state index in [0.717, 1.165) is 6.42 Å². The fourth-order valence-electron chi connectivity index (χ4n) is 1.42. The topological polar surface area (TPSA) is 63.2 Å². The molecule has 6 nitrogen and oxygen atoms in total. The maximum absolute atomic E-state index is 11.1. The number of hydrogen-bond donors (Lipinski definition) is 0. The van der Waals surface area contributed by atoms with Gasteiger partial charge in [0.1, 0.15) is 6.61 Å². The van der Waals surface area contributed by atoms with Gasteiger partial charge in [0.25, 0.3) is 0 Å². The van der Waals surface area contributed by atoms with Gasteiger partial charge in [-0.15, -0.1) is 0 Å². The van der Waals surface area contributed by atoms with Crippen LogP contribution in [0.15, 0.2) is 0 Å². The Morgan fingerprint density at radius 2 is 1.65 bits per heavy atom. The number of rotatable bonds is 13. The van der Waals surface area contributed by atoms with Gasteiger partial charge in [-0.1, -0.05) is 6.92 Å². The summed E-state index contributed by atoms with van der Waals surface area (Å²) in [7, 11) is 0. The Morgan fingerprint density at radius 3 is 2.30 bits per heavy atom. The van der Waals surface area contributed by atoms with Crippen molar-refractivity contribution in [3.05, 3.63) is 0 Å². The van der Waals surface area contributed by atoms with E-state index in [2.05, 4.69) is 6.92 Å². The molecule has 0 rings (SSSR count). The summed E-state index contributed by atoms with van der Waals surface area (Å²) in [6, 6.07) is 0. The van der Waals surface area contributed by atoms with Crippen LogP contribution in [-0.2, 0) is 23.7 Å². The Balaban J connectivity index is 3.32. The van der Waals surface area contributed by atoms with E-state index in [-0.39, 0.29) is 12.7 Å². The molecule has 0 radical (unpaired) electrons. The zero-order chi connectivity index (χ0) is 15.1. The molecule has 0 saturated heterocycles. The summed E-state index contributed by atoms with van der Waals surface area (Å²) >= 11 is 0. The van der Waals surface area contributed by atoms with Crippen LogP contribution in [0, 0.1) is 0 Å². The van der Waals surface area contributed by atoms with Crippen molar-refractivity contribution in [2.45, 2.75) is 39.7 Å². The van der Waals surface area contributed by atoms with Crippen molar-refractivity contribution in [1.29, 1.82) is 0 Å². The molecule has 0 aliphatic rings. The van der Waals surface area contributed by atoms with Crippen molar-refractivity contribution in [2.75, 3.05) is 46.2 Å². The molecule has 0 aromatic rings. The van der Waals surface area contributed by atoms with Gasteiger partial charge < -0.3 is 23.7 Å². The highest BCUT2D eigenvalue weighted by atomic mass is 16.7. The van der Waals surface area contributed by atoms with Crippen LogP contribution in [0.3, 0.4) is 0 Å². The minimum absolute atomic E-state index is 0.143. The Bertz CT molecular complexity index is 222. The zero-order valence-electron chi connectivity index (χ0n) is 12.9. The van der Waals surface area contributed by atoms with Gasteiger partial charge in [0.05, 0.1) is 25.9 Å². The molecule has 0 fully saturated rings. The second-order valence-electron chi connectivity index (χ2n) is 4.06. The summed E-state index contributed by atoms with van der Waals surface area (Å²) in [5.41, 5.74) is 0. The minimum atomic E-state index is -0.662. The third kappa shape index (κ3) is 12.2. The van der Waals surface area contributed by atoms with E-state index in [1.165, 1.54) is 0 Å². The van der Waals surface area contributed by atoms with Crippen LogP contribution in [0.2, 0.25) is 0 Å². The Morgan fingerprint density at radius 1 is 0.900 bits per heavy atom. The molecule has 0 N–H and O–H groups in total. The van der Waals surface area contributed by atoms with E-state index in [0.29, 0.717) is 46.1 Å². The number of ether oxygens (including phenoxy) is 5. The first kappa shape index (κ1) is 19.1. The smallest absolute Gasteiger partial charge is 0.434 e. The fourth-order valence-corrected chi connectivity index (χ4v) is 1.42. The van der Waals surface area contributed by atoms with Crippen LogP contribution in [-0.4, -0.2) is 58.5 Å². The second-order valence-corrected chi connectivity index (χ2v) is 4.06. The van der Waals surface area contributed by atoms with Crippen molar-refractivity contribution < 1.29 is 28.5 Å². The van der Waals surface area contributed by atoms with Gasteiger partial charge in [0.15, 0.2) is 0 Å². The summed E-state index contributed by atoms with van der Waals surface area (Å²) < 4.78 is 25.6. The van der Waals surface area contributed by atoms with Gasteiger partial charge in [0.2, 0.25) is 0 Å². The van der Waals surface area contributed by atoms with Crippen LogP contribution in [0.1, 0.15) is 33.6 Å². The van der Waals surface area contributed by atoms with Crippen molar-refractivity contribution in [3.63, 3.8) is 0 Å². The van der Waals surface area contributed by atoms with Crippen molar-refractivity contribution in [3.8, 4) is 0 Å². The van der Waals surface area contributed by atoms with Gasteiger partial charge in [-0.2, -0.15) is 0 Å². The monoisotopic (exact) mass is 292 g/mol. The third-order valence-electron chi connectivity index (χ3n) is 2.47. The lowest BCUT2D eigenvalue weighted by Gasteiger charge is -2.14. The fraction of sp³-hybridized carbons (Fsp3) is 0.929. The van der Waals surface area contributed by atoms with E-state index >= 15 is 0 Å². The molecular formula is C14H28O6. The number of hydrogen-bond acceptors (Lipinski definition) is 6. The average Bonchev–Trinajstić information content (AvgIpc) is 2.46. The van der Waals surface area contributed by atoms with E-state index < -0.39 is 6.16 Å². The van der Waals surface area contributed by atoms with Gasteiger partial charge in [-0.05, 0) is 20.3 Å². The van der Waals surface area contributed by atoms with Crippen molar-refractivity contribution >= 4 is 6.16 Å². The van der Waals surface area contributed by atoms with Crippen LogP contribution < -0.4 is 0 Å². The molecule has 0 aromatic heterocycles.